The van der Waals surface area contributed by atoms with Crippen molar-refractivity contribution in [3.8, 4) is 0 Å². The predicted molar refractivity (Wildman–Crippen MR) is 78.6 cm³/mol. The highest BCUT2D eigenvalue weighted by Gasteiger charge is 2.33. The number of anilines is 1. The first-order chi connectivity index (χ1) is 9.79. The minimum absolute atomic E-state index is 0.00416. The molecule has 2 N–H and O–H groups in total. The number of fused-ring (bicyclic) bond motifs is 1. The number of amides is 1. The zero-order valence-electron chi connectivity index (χ0n) is 11.7. The number of nitrogens with zero attached hydrogens (tertiary/aromatic N) is 1. The van der Waals surface area contributed by atoms with Gasteiger partial charge in [-0.25, -0.2) is 0 Å². The van der Waals surface area contributed by atoms with E-state index in [-0.39, 0.29) is 24.6 Å². The third-order valence-corrected chi connectivity index (χ3v) is 4.44. The quantitative estimate of drug-likeness (QED) is 0.864. The van der Waals surface area contributed by atoms with Crippen molar-refractivity contribution in [3.63, 3.8) is 0 Å². The standard InChI is InChI=1S/C16H22N2O2/c19-11-13-7-2-1-5-9-18(13)16(20)15-10-12-6-3-4-8-14(12)17-15/h3-4,6,8,13,15,17,19H,1-2,5,7,9-11H2. The van der Waals surface area contributed by atoms with Crippen LogP contribution in [0.5, 0.6) is 0 Å². The highest BCUT2D eigenvalue weighted by Crippen LogP contribution is 2.27. The summed E-state index contributed by atoms with van der Waals surface area (Å²) in [6.45, 7) is 0.851. The van der Waals surface area contributed by atoms with Crippen LogP contribution in [0.4, 0.5) is 5.69 Å². The van der Waals surface area contributed by atoms with Gasteiger partial charge in [0.25, 0.3) is 0 Å². The molecule has 1 saturated heterocycles. The van der Waals surface area contributed by atoms with E-state index in [1.807, 2.05) is 23.1 Å². The Labute approximate surface area is 119 Å². The SMILES string of the molecule is O=C(C1Cc2ccccc2N1)N1CCCCCC1CO. The number of carbonyl (C=O) groups is 1. The van der Waals surface area contributed by atoms with Gasteiger partial charge in [-0.05, 0) is 24.5 Å². The molecule has 4 nitrogen and oxygen atoms in total. The summed E-state index contributed by atoms with van der Waals surface area (Å²) in [7, 11) is 0. The monoisotopic (exact) mass is 274 g/mol. The summed E-state index contributed by atoms with van der Waals surface area (Å²) in [5.74, 6) is 0.141. The first-order valence-corrected chi connectivity index (χ1v) is 7.55. The third-order valence-electron chi connectivity index (χ3n) is 4.44. The molecule has 2 unspecified atom stereocenters. The molecule has 4 heteroatoms. The summed E-state index contributed by atoms with van der Waals surface area (Å²) in [5.41, 5.74) is 2.28. The van der Waals surface area contributed by atoms with Crippen molar-refractivity contribution in [2.24, 2.45) is 0 Å². The van der Waals surface area contributed by atoms with Crippen molar-refractivity contribution in [1.29, 1.82) is 0 Å². The molecule has 3 rings (SSSR count). The van der Waals surface area contributed by atoms with E-state index in [0.29, 0.717) is 0 Å². The second-order valence-electron chi connectivity index (χ2n) is 5.78. The van der Waals surface area contributed by atoms with Crippen molar-refractivity contribution in [1.82, 2.24) is 4.90 Å². The van der Waals surface area contributed by atoms with Gasteiger partial charge in [-0.15, -0.1) is 0 Å². The zero-order valence-corrected chi connectivity index (χ0v) is 11.7. The molecule has 1 fully saturated rings. The molecule has 1 aromatic carbocycles. The molecular formula is C16H22N2O2. The topological polar surface area (TPSA) is 52.6 Å². The van der Waals surface area contributed by atoms with Crippen LogP contribution in [0.15, 0.2) is 24.3 Å². The molecule has 0 spiro atoms. The van der Waals surface area contributed by atoms with E-state index >= 15 is 0 Å². The van der Waals surface area contributed by atoms with Gasteiger partial charge < -0.3 is 15.3 Å². The Hall–Kier alpha value is -1.55. The van der Waals surface area contributed by atoms with Crippen molar-refractivity contribution >= 4 is 11.6 Å². The minimum atomic E-state index is -0.167. The van der Waals surface area contributed by atoms with E-state index < -0.39 is 0 Å². The van der Waals surface area contributed by atoms with Gasteiger partial charge in [0.15, 0.2) is 0 Å². The molecule has 2 heterocycles. The van der Waals surface area contributed by atoms with Gasteiger partial charge >= 0.3 is 0 Å². The fraction of sp³-hybridized carbons (Fsp3) is 0.562. The average Bonchev–Trinajstić information content (AvgIpc) is 2.77. The molecule has 20 heavy (non-hydrogen) atoms. The van der Waals surface area contributed by atoms with Crippen LogP contribution >= 0.6 is 0 Å². The van der Waals surface area contributed by atoms with Crippen molar-refractivity contribution in [2.45, 2.75) is 44.2 Å². The molecule has 2 aliphatic heterocycles. The number of aliphatic hydroxyl groups is 1. The molecule has 2 aliphatic rings. The Kier molecular flexibility index (Phi) is 3.92. The highest BCUT2D eigenvalue weighted by atomic mass is 16.3. The van der Waals surface area contributed by atoms with E-state index in [1.165, 1.54) is 5.56 Å². The summed E-state index contributed by atoms with van der Waals surface area (Å²) in [6, 6.07) is 7.92. The summed E-state index contributed by atoms with van der Waals surface area (Å²) >= 11 is 0. The number of aliphatic hydroxyl groups excluding tert-OH is 1. The molecule has 1 aromatic rings. The van der Waals surface area contributed by atoms with Gasteiger partial charge in [0.1, 0.15) is 6.04 Å². The summed E-state index contributed by atoms with van der Waals surface area (Å²) in [6.07, 6.45) is 4.97. The molecule has 0 saturated carbocycles. The Morgan fingerprint density at radius 1 is 1.30 bits per heavy atom. The largest absolute Gasteiger partial charge is 0.394 e. The lowest BCUT2D eigenvalue weighted by atomic mass is 10.1. The number of benzene rings is 1. The van der Waals surface area contributed by atoms with Crippen molar-refractivity contribution in [2.75, 3.05) is 18.5 Å². The fourth-order valence-corrected chi connectivity index (χ4v) is 3.30. The van der Waals surface area contributed by atoms with Gasteiger partial charge in [0.05, 0.1) is 12.6 Å². The van der Waals surface area contributed by atoms with E-state index in [9.17, 15) is 9.90 Å². The number of carbonyl (C=O) groups excluding carboxylic acids is 1. The van der Waals surface area contributed by atoms with Crippen LogP contribution < -0.4 is 5.32 Å². The van der Waals surface area contributed by atoms with Crippen LogP contribution in [0.1, 0.15) is 31.2 Å². The van der Waals surface area contributed by atoms with Gasteiger partial charge in [-0.2, -0.15) is 0 Å². The fourth-order valence-electron chi connectivity index (χ4n) is 3.30. The smallest absolute Gasteiger partial charge is 0.245 e. The van der Waals surface area contributed by atoms with E-state index in [1.54, 1.807) is 0 Å². The minimum Gasteiger partial charge on any atom is -0.394 e. The Morgan fingerprint density at radius 3 is 2.95 bits per heavy atom. The molecule has 0 bridgehead atoms. The second-order valence-corrected chi connectivity index (χ2v) is 5.78. The summed E-state index contributed by atoms with van der Waals surface area (Å²) < 4.78 is 0. The number of rotatable bonds is 2. The average molecular weight is 274 g/mol. The number of likely N-dealkylation sites (tertiary alicyclic amines) is 1. The zero-order chi connectivity index (χ0) is 13.9. The van der Waals surface area contributed by atoms with Crippen LogP contribution in [0.2, 0.25) is 0 Å². The van der Waals surface area contributed by atoms with Crippen LogP contribution in [0, 0.1) is 0 Å². The Morgan fingerprint density at radius 2 is 2.15 bits per heavy atom. The molecule has 0 radical (unpaired) electrons. The molecule has 2 atom stereocenters. The van der Waals surface area contributed by atoms with Crippen molar-refractivity contribution < 1.29 is 9.90 Å². The lowest BCUT2D eigenvalue weighted by molar-refractivity contribution is -0.135. The van der Waals surface area contributed by atoms with Crippen LogP contribution in [-0.4, -0.2) is 41.1 Å². The first-order valence-electron chi connectivity index (χ1n) is 7.55. The van der Waals surface area contributed by atoms with Gasteiger partial charge in [0, 0.05) is 18.7 Å². The van der Waals surface area contributed by atoms with Gasteiger partial charge in [-0.3, -0.25) is 4.79 Å². The van der Waals surface area contributed by atoms with Gasteiger partial charge in [0.2, 0.25) is 5.91 Å². The highest BCUT2D eigenvalue weighted by molar-refractivity contribution is 5.87. The van der Waals surface area contributed by atoms with Crippen LogP contribution in [-0.2, 0) is 11.2 Å². The van der Waals surface area contributed by atoms with Gasteiger partial charge in [-0.1, -0.05) is 31.0 Å². The summed E-state index contributed by atoms with van der Waals surface area (Å²) in [5, 5.41) is 12.9. The normalized spacial score (nSPS) is 25.8. The number of hydrogen-bond acceptors (Lipinski definition) is 3. The second kappa shape index (κ2) is 5.83. The number of hydrogen-bond donors (Lipinski definition) is 2. The maximum atomic E-state index is 12.7. The Bertz CT molecular complexity index is 464. The molecule has 0 aliphatic carbocycles. The van der Waals surface area contributed by atoms with Crippen LogP contribution in [0.25, 0.3) is 0 Å². The predicted octanol–water partition coefficient (Wildman–Crippen LogP) is 1.79. The Balaban J connectivity index is 1.73. The molecule has 108 valence electrons. The third kappa shape index (κ3) is 2.52. The molecular weight excluding hydrogens is 252 g/mol. The maximum absolute atomic E-state index is 12.7. The maximum Gasteiger partial charge on any atom is 0.245 e. The first kappa shape index (κ1) is 13.4. The molecule has 1 amide bonds. The lowest BCUT2D eigenvalue weighted by Gasteiger charge is -2.31. The number of nitrogens with one attached hydrogen (secondary N) is 1. The summed E-state index contributed by atoms with van der Waals surface area (Å²) in [4.78, 5) is 14.6. The molecule has 0 aromatic heterocycles. The van der Waals surface area contributed by atoms with E-state index in [0.717, 1.165) is 44.3 Å². The van der Waals surface area contributed by atoms with E-state index in [2.05, 4.69) is 11.4 Å². The number of para-hydroxylation sites is 1. The van der Waals surface area contributed by atoms with Crippen LogP contribution in [0.3, 0.4) is 0 Å². The lowest BCUT2D eigenvalue weighted by Crippen LogP contribution is -2.48. The van der Waals surface area contributed by atoms with E-state index in [4.69, 9.17) is 0 Å². The van der Waals surface area contributed by atoms with Crippen molar-refractivity contribution in [3.05, 3.63) is 29.8 Å².